The van der Waals surface area contributed by atoms with Crippen LogP contribution in [0.5, 0.6) is 0 Å². The van der Waals surface area contributed by atoms with E-state index in [2.05, 4.69) is 15.0 Å². The van der Waals surface area contributed by atoms with E-state index in [0.717, 1.165) is 29.8 Å². The second-order valence-corrected chi connectivity index (χ2v) is 4.43. The van der Waals surface area contributed by atoms with E-state index in [1.807, 2.05) is 11.6 Å². The summed E-state index contributed by atoms with van der Waals surface area (Å²) >= 11 is 0. The Kier molecular flexibility index (Phi) is 2.40. The van der Waals surface area contributed by atoms with Crippen molar-refractivity contribution in [2.45, 2.75) is 25.4 Å². The molecular weight excluding hydrogens is 216 g/mol. The first-order valence-corrected chi connectivity index (χ1v) is 5.73. The van der Waals surface area contributed by atoms with Crippen molar-refractivity contribution in [3.8, 4) is 11.5 Å². The summed E-state index contributed by atoms with van der Waals surface area (Å²) in [5, 5.41) is 9.27. The van der Waals surface area contributed by atoms with Crippen LogP contribution in [0.2, 0.25) is 0 Å². The topological polar surface area (TPSA) is 63.8 Å². The first-order valence-electron chi connectivity index (χ1n) is 5.73. The van der Waals surface area contributed by atoms with Gasteiger partial charge < -0.3 is 9.67 Å². The van der Waals surface area contributed by atoms with Gasteiger partial charge in [0.05, 0.1) is 24.8 Å². The summed E-state index contributed by atoms with van der Waals surface area (Å²) in [7, 11) is 1.92. The molecule has 1 N–H and O–H groups in total. The molecule has 0 amide bonds. The molecule has 1 saturated carbocycles. The Labute approximate surface area is 99.2 Å². The number of nitrogens with zero attached hydrogens (tertiary/aromatic N) is 4. The highest BCUT2D eigenvalue weighted by Crippen LogP contribution is 2.40. The standard InChI is InChI=1S/C12H14N4O/c1-16-7-13-5-10(16)12-14-4-9(6-17)11(15-12)8-2-3-8/h4-5,7-8,17H,2-3,6H2,1H3. The lowest BCUT2D eigenvalue weighted by Gasteiger charge is -2.07. The van der Waals surface area contributed by atoms with Crippen molar-refractivity contribution in [2.75, 3.05) is 0 Å². The normalized spacial score (nSPS) is 15.2. The Morgan fingerprint density at radius 1 is 1.41 bits per heavy atom. The fraction of sp³-hybridized carbons (Fsp3) is 0.417. The molecule has 1 aliphatic rings. The zero-order valence-electron chi connectivity index (χ0n) is 9.67. The summed E-state index contributed by atoms with van der Waals surface area (Å²) < 4.78 is 1.89. The van der Waals surface area contributed by atoms with Crippen LogP contribution in [-0.4, -0.2) is 24.6 Å². The van der Waals surface area contributed by atoms with Gasteiger partial charge in [0.1, 0.15) is 5.69 Å². The van der Waals surface area contributed by atoms with Crippen molar-refractivity contribution in [3.05, 3.63) is 30.0 Å². The molecule has 88 valence electrons. The van der Waals surface area contributed by atoms with Crippen LogP contribution in [0.25, 0.3) is 11.5 Å². The molecule has 0 bridgehead atoms. The molecule has 5 heteroatoms. The molecule has 0 radical (unpaired) electrons. The average Bonchev–Trinajstić information content (AvgIpc) is 3.11. The molecule has 1 fully saturated rings. The van der Waals surface area contributed by atoms with Crippen LogP contribution in [0.1, 0.15) is 30.0 Å². The van der Waals surface area contributed by atoms with E-state index in [1.54, 1.807) is 18.7 Å². The lowest BCUT2D eigenvalue weighted by molar-refractivity contribution is 0.279. The van der Waals surface area contributed by atoms with Crippen LogP contribution in [0, 0.1) is 0 Å². The van der Waals surface area contributed by atoms with Crippen molar-refractivity contribution in [1.29, 1.82) is 0 Å². The van der Waals surface area contributed by atoms with Gasteiger partial charge in [0.15, 0.2) is 5.82 Å². The lowest BCUT2D eigenvalue weighted by atomic mass is 10.1. The van der Waals surface area contributed by atoms with Gasteiger partial charge in [0, 0.05) is 24.7 Å². The number of aryl methyl sites for hydroxylation is 1. The first-order chi connectivity index (χ1) is 8.29. The number of hydrogen-bond donors (Lipinski definition) is 1. The predicted octanol–water partition coefficient (Wildman–Crippen LogP) is 1.25. The summed E-state index contributed by atoms with van der Waals surface area (Å²) in [5.41, 5.74) is 2.74. The molecule has 5 nitrogen and oxygen atoms in total. The smallest absolute Gasteiger partial charge is 0.178 e. The van der Waals surface area contributed by atoms with Crippen LogP contribution >= 0.6 is 0 Å². The molecule has 0 aromatic carbocycles. The summed E-state index contributed by atoms with van der Waals surface area (Å²) in [6.45, 7) is 0.0114. The Hall–Kier alpha value is -1.75. The summed E-state index contributed by atoms with van der Waals surface area (Å²) in [5.74, 6) is 1.19. The van der Waals surface area contributed by atoms with Gasteiger partial charge in [0.25, 0.3) is 0 Å². The number of hydrogen-bond acceptors (Lipinski definition) is 4. The second-order valence-electron chi connectivity index (χ2n) is 4.43. The van der Waals surface area contributed by atoms with Crippen molar-refractivity contribution in [1.82, 2.24) is 19.5 Å². The summed E-state index contributed by atoms with van der Waals surface area (Å²) in [4.78, 5) is 12.9. The first kappa shape index (κ1) is 10.4. The van der Waals surface area contributed by atoms with Gasteiger partial charge in [-0.05, 0) is 12.8 Å². The Balaban J connectivity index is 2.07. The summed E-state index contributed by atoms with van der Waals surface area (Å²) in [6.07, 6.45) is 7.53. The van der Waals surface area contributed by atoms with Crippen LogP contribution < -0.4 is 0 Å². The zero-order valence-corrected chi connectivity index (χ0v) is 9.67. The minimum Gasteiger partial charge on any atom is -0.392 e. The fourth-order valence-electron chi connectivity index (χ4n) is 1.95. The van der Waals surface area contributed by atoms with E-state index in [0.29, 0.717) is 11.7 Å². The largest absolute Gasteiger partial charge is 0.392 e. The van der Waals surface area contributed by atoms with E-state index in [4.69, 9.17) is 0 Å². The minimum atomic E-state index is 0.0114. The van der Waals surface area contributed by atoms with Gasteiger partial charge in [-0.25, -0.2) is 15.0 Å². The second kappa shape index (κ2) is 3.92. The molecule has 17 heavy (non-hydrogen) atoms. The number of aromatic nitrogens is 4. The van der Waals surface area contributed by atoms with E-state index in [9.17, 15) is 5.11 Å². The molecule has 0 unspecified atom stereocenters. The number of imidazole rings is 1. The molecule has 2 aromatic rings. The number of aliphatic hydroxyl groups excluding tert-OH is 1. The maximum atomic E-state index is 9.27. The highest BCUT2D eigenvalue weighted by atomic mass is 16.3. The SMILES string of the molecule is Cn1cncc1-c1ncc(CO)c(C2CC2)n1. The maximum absolute atomic E-state index is 9.27. The number of aliphatic hydroxyl groups is 1. The third-order valence-corrected chi connectivity index (χ3v) is 3.08. The monoisotopic (exact) mass is 230 g/mol. The van der Waals surface area contributed by atoms with E-state index in [1.165, 1.54) is 0 Å². The van der Waals surface area contributed by atoms with Gasteiger partial charge in [-0.2, -0.15) is 0 Å². The van der Waals surface area contributed by atoms with Crippen molar-refractivity contribution in [3.63, 3.8) is 0 Å². The van der Waals surface area contributed by atoms with E-state index >= 15 is 0 Å². The zero-order chi connectivity index (χ0) is 11.8. The van der Waals surface area contributed by atoms with Gasteiger partial charge in [0.2, 0.25) is 0 Å². The average molecular weight is 230 g/mol. The van der Waals surface area contributed by atoms with E-state index in [-0.39, 0.29) is 6.61 Å². The quantitative estimate of drug-likeness (QED) is 0.861. The van der Waals surface area contributed by atoms with Crippen LogP contribution in [-0.2, 0) is 13.7 Å². The molecule has 0 aliphatic heterocycles. The molecule has 0 saturated heterocycles. The van der Waals surface area contributed by atoms with Crippen molar-refractivity contribution >= 4 is 0 Å². The third kappa shape index (κ3) is 1.82. The number of rotatable bonds is 3. The lowest BCUT2D eigenvalue weighted by Crippen LogP contribution is -2.02. The maximum Gasteiger partial charge on any atom is 0.178 e. The molecule has 1 aliphatic carbocycles. The fourth-order valence-corrected chi connectivity index (χ4v) is 1.95. The third-order valence-electron chi connectivity index (χ3n) is 3.08. The minimum absolute atomic E-state index is 0.0114. The highest BCUT2D eigenvalue weighted by molar-refractivity contribution is 5.49. The Morgan fingerprint density at radius 2 is 2.24 bits per heavy atom. The predicted molar refractivity (Wildman–Crippen MR) is 62.1 cm³/mol. The summed E-state index contributed by atoms with van der Waals surface area (Å²) in [6, 6.07) is 0. The van der Waals surface area contributed by atoms with E-state index < -0.39 is 0 Å². The van der Waals surface area contributed by atoms with Gasteiger partial charge in [-0.3, -0.25) is 0 Å². The molecular formula is C12H14N4O. The highest BCUT2D eigenvalue weighted by Gasteiger charge is 2.28. The Morgan fingerprint density at radius 3 is 2.82 bits per heavy atom. The van der Waals surface area contributed by atoms with Gasteiger partial charge >= 0.3 is 0 Å². The van der Waals surface area contributed by atoms with Gasteiger partial charge in [-0.15, -0.1) is 0 Å². The molecule has 0 spiro atoms. The van der Waals surface area contributed by atoms with Gasteiger partial charge in [-0.1, -0.05) is 0 Å². The van der Waals surface area contributed by atoms with Crippen molar-refractivity contribution in [2.24, 2.45) is 7.05 Å². The van der Waals surface area contributed by atoms with Crippen LogP contribution in [0.4, 0.5) is 0 Å². The molecule has 2 heterocycles. The molecule has 2 aromatic heterocycles. The van der Waals surface area contributed by atoms with Crippen LogP contribution in [0.3, 0.4) is 0 Å². The molecule has 0 atom stereocenters. The molecule has 3 rings (SSSR count). The van der Waals surface area contributed by atoms with Crippen LogP contribution in [0.15, 0.2) is 18.7 Å². The van der Waals surface area contributed by atoms with Crippen molar-refractivity contribution < 1.29 is 5.11 Å². The Bertz CT molecular complexity index is 545.